The van der Waals surface area contributed by atoms with Crippen LogP contribution in [0.25, 0.3) is 0 Å². The molecule has 0 spiro atoms. The van der Waals surface area contributed by atoms with Gasteiger partial charge in [0.2, 0.25) is 10.0 Å². The predicted molar refractivity (Wildman–Crippen MR) is 59.0 cm³/mol. The van der Waals surface area contributed by atoms with E-state index in [1.807, 2.05) is 0 Å². The highest BCUT2D eigenvalue weighted by atomic mass is 35.5. The van der Waals surface area contributed by atoms with Crippen LogP contribution >= 0.6 is 11.6 Å². The molecule has 0 aliphatic heterocycles. The molecule has 18 heavy (non-hydrogen) atoms. The molecule has 0 heterocycles. The third-order valence-electron chi connectivity index (χ3n) is 1.86. The van der Waals surface area contributed by atoms with E-state index < -0.39 is 34.1 Å². The number of sulfonamides is 1. The molecule has 0 aromatic heterocycles. The van der Waals surface area contributed by atoms with Gasteiger partial charge in [-0.05, 0) is 18.2 Å². The lowest BCUT2D eigenvalue weighted by Gasteiger charge is -2.11. The number of primary sulfonamides is 1. The number of hydrogen-bond acceptors (Lipinski definition) is 3. The van der Waals surface area contributed by atoms with Gasteiger partial charge in [-0.2, -0.15) is 13.2 Å². The van der Waals surface area contributed by atoms with Crippen molar-refractivity contribution >= 4 is 21.6 Å². The Balaban J connectivity index is 2.90. The van der Waals surface area contributed by atoms with E-state index in [1.165, 1.54) is 6.07 Å². The Morgan fingerprint density at radius 1 is 1.33 bits per heavy atom. The van der Waals surface area contributed by atoms with Crippen molar-refractivity contribution in [1.29, 1.82) is 0 Å². The maximum atomic E-state index is 11.9. The van der Waals surface area contributed by atoms with E-state index in [2.05, 4.69) is 0 Å². The molecule has 0 amide bonds. The molecule has 0 atom stereocenters. The molecule has 0 fully saturated rings. The number of halogens is 4. The van der Waals surface area contributed by atoms with E-state index in [9.17, 15) is 21.6 Å². The van der Waals surface area contributed by atoms with Crippen LogP contribution in [-0.2, 0) is 10.0 Å². The molecule has 1 aromatic rings. The average molecular weight is 304 g/mol. The minimum atomic E-state index is -4.38. The third-order valence-corrected chi connectivity index (χ3v) is 3.02. The van der Waals surface area contributed by atoms with Crippen molar-refractivity contribution in [3.8, 4) is 5.75 Å². The predicted octanol–water partition coefficient (Wildman–Crippen LogP) is 2.32. The maximum absolute atomic E-state index is 11.9. The van der Waals surface area contributed by atoms with Gasteiger partial charge < -0.3 is 4.74 Å². The van der Waals surface area contributed by atoms with Crippen molar-refractivity contribution < 1.29 is 26.3 Å². The Hall–Kier alpha value is -0.990. The zero-order valence-electron chi connectivity index (χ0n) is 8.87. The van der Waals surface area contributed by atoms with E-state index in [-0.39, 0.29) is 10.8 Å². The molecular weight excluding hydrogens is 295 g/mol. The molecule has 4 nitrogen and oxygen atoms in total. The van der Waals surface area contributed by atoms with Crippen molar-refractivity contribution in [1.82, 2.24) is 0 Å². The van der Waals surface area contributed by atoms with Crippen LogP contribution in [0.1, 0.15) is 6.42 Å². The first-order chi connectivity index (χ1) is 8.09. The first-order valence-corrected chi connectivity index (χ1v) is 6.54. The molecule has 0 saturated heterocycles. The maximum Gasteiger partial charge on any atom is 0.392 e. The fraction of sp³-hybridized carbons (Fsp3) is 0.333. The van der Waals surface area contributed by atoms with Gasteiger partial charge in [-0.15, -0.1) is 0 Å². The number of benzene rings is 1. The lowest BCUT2D eigenvalue weighted by atomic mass is 10.3. The van der Waals surface area contributed by atoms with Crippen LogP contribution in [0.4, 0.5) is 13.2 Å². The number of rotatable bonds is 4. The van der Waals surface area contributed by atoms with Gasteiger partial charge in [0.15, 0.2) is 0 Å². The van der Waals surface area contributed by atoms with Crippen LogP contribution in [0.5, 0.6) is 5.75 Å². The zero-order chi connectivity index (χ0) is 14.0. The SMILES string of the molecule is NS(=O)(=O)c1cc(Cl)ccc1OCCC(F)(F)F. The molecule has 1 aromatic carbocycles. The summed E-state index contributed by atoms with van der Waals surface area (Å²) in [6.45, 7) is -0.701. The van der Waals surface area contributed by atoms with Gasteiger partial charge in [0, 0.05) is 5.02 Å². The van der Waals surface area contributed by atoms with Crippen molar-refractivity contribution in [2.45, 2.75) is 17.5 Å². The highest BCUT2D eigenvalue weighted by molar-refractivity contribution is 7.89. The van der Waals surface area contributed by atoms with E-state index in [1.54, 1.807) is 0 Å². The monoisotopic (exact) mass is 303 g/mol. The fourth-order valence-corrected chi connectivity index (χ4v) is 2.04. The molecule has 102 valence electrons. The molecule has 0 radical (unpaired) electrons. The molecule has 0 bridgehead atoms. The van der Waals surface area contributed by atoms with Gasteiger partial charge in [0.1, 0.15) is 10.6 Å². The smallest absolute Gasteiger partial charge is 0.392 e. The van der Waals surface area contributed by atoms with Crippen LogP contribution in [-0.4, -0.2) is 21.2 Å². The summed E-state index contributed by atoms with van der Waals surface area (Å²) in [5.41, 5.74) is 0. The molecule has 0 saturated carbocycles. The lowest BCUT2D eigenvalue weighted by molar-refractivity contribution is -0.139. The van der Waals surface area contributed by atoms with Crippen LogP contribution in [0.15, 0.2) is 23.1 Å². The molecule has 2 N–H and O–H groups in total. The van der Waals surface area contributed by atoms with Crippen molar-refractivity contribution in [3.63, 3.8) is 0 Å². The molecular formula is C9H9ClF3NO3S. The summed E-state index contributed by atoms with van der Waals surface area (Å²) >= 11 is 5.57. The number of nitrogens with two attached hydrogens (primary N) is 1. The average Bonchev–Trinajstić information content (AvgIpc) is 2.17. The van der Waals surface area contributed by atoms with Gasteiger partial charge >= 0.3 is 6.18 Å². The first kappa shape index (κ1) is 15.1. The van der Waals surface area contributed by atoms with Crippen LogP contribution < -0.4 is 9.88 Å². The van der Waals surface area contributed by atoms with Crippen molar-refractivity contribution in [2.75, 3.05) is 6.61 Å². The number of ether oxygens (including phenoxy) is 1. The van der Waals surface area contributed by atoms with E-state index in [4.69, 9.17) is 21.5 Å². The van der Waals surface area contributed by atoms with Gasteiger partial charge in [0.25, 0.3) is 0 Å². The molecule has 9 heteroatoms. The quantitative estimate of drug-likeness (QED) is 0.928. The Morgan fingerprint density at radius 3 is 2.44 bits per heavy atom. The fourth-order valence-electron chi connectivity index (χ4n) is 1.10. The molecule has 0 aliphatic carbocycles. The van der Waals surface area contributed by atoms with Gasteiger partial charge in [-0.1, -0.05) is 11.6 Å². The van der Waals surface area contributed by atoms with Gasteiger partial charge in [-0.3, -0.25) is 0 Å². The second-order valence-corrected chi connectivity index (χ2v) is 5.32. The summed E-state index contributed by atoms with van der Waals surface area (Å²) in [5.74, 6) is -0.258. The van der Waals surface area contributed by atoms with Crippen LogP contribution in [0.2, 0.25) is 5.02 Å². The largest absolute Gasteiger partial charge is 0.492 e. The second-order valence-electron chi connectivity index (χ2n) is 3.35. The Kier molecular flexibility index (Phi) is 4.46. The van der Waals surface area contributed by atoms with Crippen molar-refractivity contribution in [2.24, 2.45) is 5.14 Å². The highest BCUT2D eigenvalue weighted by Crippen LogP contribution is 2.27. The minimum absolute atomic E-state index is 0.0854. The molecule has 1 rings (SSSR count). The number of alkyl halides is 3. The number of hydrogen-bond donors (Lipinski definition) is 1. The summed E-state index contributed by atoms with van der Waals surface area (Å²) in [6.07, 6.45) is -5.58. The summed E-state index contributed by atoms with van der Waals surface area (Å²) < 4.78 is 62.9. The van der Waals surface area contributed by atoms with E-state index >= 15 is 0 Å². The van der Waals surface area contributed by atoms with Gasteiger partial charge in [-0.25, -0.2) is 13.6 Å². The van der Waals surface area contributed by atoms with E-state index in [0.29, 0.717) is 0 Å². The van der Waals surface area contributed by atoms with Crippen LogP contribution in [0, 0.1) is 0 Å². The van der Waals surface area contributed by atoms with E-state index in [0.717, 1.165) is 12.1 Å². The highest BCUT2D eigenvalue weighted by Gasteiger charge is 2.27. The van der Waals surface area contributed by atoms with Crippen LogP contribution in [0.3, 0.4) is 0 Å². The second kappa shape index (κ2) is 5.33. The topological polar surface area (TPSA) is 69.4 Å². The Labute approximate surface area is 107 Å². The first-order valence-electron chi connectivity index (χ1n) is 4.61. The standard InChI is InChI=1S/C9H9ClF3NO3S/c10-6-1-2-7(8(5-6)18(14,15)16)17-4-3-9(11,12)13/h1-2,5H,3-4H2,(H2,14,15,16). The molecule has 0 unspecified atom stereocenters. The summed E-state index contributed by atoms with van der Waals surface area (Å²) in [6, 6.07) is 3.46. The Morgan fingerprint density at radius 2 is 1.94 bits per heavy atom. The summed E-state index contributed by atoms with van der Waals surface area (Å²) in [4.78, 5) is -0.447. The minimum Gasteiger partial charge on any atom is -0.492 e. The zero-order valence-corrected chi connectivity index (χ0v) is 10.4. The van der Waals surface area contributed by atoms with Gasteiger partial charge in [0.05, 0.1) is 13.0 Å². The molecule has 0 aliphatic rings. The normalized spacial score (nSPS) is 12.5. The summed E-state index contributed by atoms with van der Waals surface area (Å²) in [7, 11) is -4.11. The summed E-state index contributed by atoms with van der Waals surface area (Å²) in [5, 5.41) is 4.98. The third kappa shape index (κ3) is 4.71. The lowest BCUT2D eigenvalue weighted by Crippen LogP contribution is -2.16. The van der Waals surface area contributed by atoms with Crippen molar-refractivity contribution in [3.05, 3.63) is 23.2 Å². The Bertz CT molecular complexity index is 530.